The molecule has 11 heavy (non-hydrogen) atoms. The third-order valence-electron chi connectivity index (χ3n) is 1.59. The van der Waals surface area contributed by atoms with E-state index in [9.17, 15) is 0 Å². The maximum atomic E-state index is 2.21. The molecule has 1 radical (unpaired) electrons. The van der Waals surface area contributed by atoms with E-state index in [1.165, 1.54) is 12.8 Å². The number of rotatable bonds is 3. The zero-order valence-corrected chi connectivity index (χ0v) is 8.12. The molecule has 0 bridgehead atoms. The first-order valence-electron chi connectivity index (χ1n) is 3.84. The molecule has 0 saturated heterocycles. The van der Waals surface area contributed by atoms with Gasteiger partial charge in [0.05, 0.1) is 13.6 Å². The van der Waals surface area contributed by atoms with Crippen molar-refractivity contribution in [2.45, 2.75) is 26.3 Å². The molecule has 0 fully saturated rings. The number of aromatic nitrogens is 2. The number of aryl methyl sites for hydroxylation is 2. The van der Waals surface area contributed by atoms with E-state index in [0.717, 1.165) is 6.54 Å². The normalized spacial score (nSPS) is 9.27. The minimum absolute atomic E-state index is 0. The van der Waals surface area contributed by atoms with Gasteiger partial charge < -0.3 is 0 Å². The van der Waals surface area contributed by atoms with Gasteiger partial charge in [0.25, 0.3) is 0 Å². The van der Waals surface area contributed by atoms with Crippen LogP contribution in [0.3, 0.4) is 0 Å². The second-order valence-electron chi connectivity index (χ2n) is 2.67. The zero-order chi connectivity index (χ0) is 7.40. The molecule has 0 N–H and O–H groups in total. The van der Waals surface area contributed by atoms with E-state index in [4.69, 9.17) is 0 Å². The SMILES string of the molecule is CCCCn1cc[n+](C)c1.[Co+2]. The van der Waals surface area contributed by atoms with Crippen molar-refractivity contribution in [3.05, 3.63) is 18.7 Å². The first kappa shape index (κ1) is 10.7. The van der Waals surface area contributed by atoms with Crippen LogP contribution in [-0.2, 0) is 30.4 Å². The molecule has 0 unspecified atom stereocenters. The molecule has 63 valence electrons. The topological polar surface area (TPSA) is 8.81 Å². The van der Waals surface area contributed by atoms with Crippen molar-refractivity contribution in [1.29, 1.82) is 0 Å². The Morgan fingerprint density at radius 3 is 2.64 bits per heavy atom. The Labute approximate surface area is 78.4 Å². The van der Waals surface area contributed by atoms with Gasteiger partial charge in [0.2, 0.25) is 6.33 Å². The number of hydrogen-bond acceptors (Lipinski definition) is 0. The molecule has 1 rings (SSSR count). The second kappa shape index (κ2) is 5.38. The van der Waals surface area contributed by atoms with E-state index < -0.39 is 0 Å². The number of imidazole rings is 1. The summed E-state index contributed by atoms with van der Waals surface area (Å²) >= 11 is 0. The summed E-state index contributed by atoms with van der Waals surface area (Å²) in [6, 6.07) is 0. The summed E-state index contributed by atoms with van der Waals surface area (Å²) in [4.78, 5) is 0. The third-order valence-corrected chi connectivity index (χ3v) is 1.59. The van der Waals surface area contributed by atoms with Crippen molar-refractivity contribution in [3.63, 3.8) is 0 Å². The van der Waals surface area contributed by atoms with Crippen LogP contribution in [0.5, 0.6) is 0 Å². The van der Waals surface area contributed by atoms with Gasteiger partial charge in [0.15, 0.2) is 0 Å². The Balaban J connectivity index is 0.000001000. The van der Waals surface area contributed by atoms with Gasteiger partial charge in [-0.2, -0.15) is 0 Å². The Bertz CT molecular complexity index is 196. The molecular weight excluding hydrogens is 183 g/mol. The van der Waals surface area contributed by atoms with Crippen molar-refractivity contribution in [3.8, 4) is 0 Å². The van der Waals surface area contributed by atoms with Gasteiger partial charge in [-0.05, 0) is 6.42 Å². The maximum absolute atomic E-state index is 2.21. The average Bonchev–Trinajstić information content (AvgIpc) is 2.31. The Morgan fingerprint density at radius 1 is 1.45 bits per heavy atom. The van der Waals surface area contributed by atoms with Crippen molar-refractivity contribution >= 4 is 0 Å². The fraction of sp³-hybridized carbons (Fsp3) is 0.625. The van der Waals surface area contributed by atoms with Crippen LogP contribution in [-0.4, -0.2) is 4.57 Å². The molecule has 3 heteroatoms. The zero-order valence-electron chi connectivity index (χ0n) is 7.08. The van der Waals surface area contributed by atoms with E-state index in [-0.39, 0.29) is 16.8 Å². The van der Waals surface area contributed by atoms with Gasteiger partial charge in [-0.15, -0.1) is 0 Å². The van der Waals surface area contributed by atoms with E-state index in [2.05, 4.69) is 34.8 Å². The van der Waals surface area contributed by atoms with Gasteiger partial charge >= 0.3 is 16.8 Å². The Hall–Kier alpha value is -0.284. The summed E-state index contributed by atoms with van der Waals surface area (Å²) in [5.74, 6) is 0. The quantitative estimate of drug-likeness (QED) is 0.643. The second-order valence-corrected chi connectivity index (χ2v) is 2.67. The average molecular weight is 198 g/mol. The van der Waals surface area contributed by atoms with E-state index >= 15 is 0 Å². The van der Waals surface area contributed by atoms with Gasteiger partial charge in [-0.25, -0.2) is 9.13 Å². The van der Waals surface area contributed by atoms with Crippen LogP contribution < -0.4 is 4.57 Å². The Morgan fingerprint density at radius 2 is 2.18 bits per heavy atom. The van der Waals surface area contributed by atoms with Crippen LogP contribution in [0.1, 0.15) is 19.8 Å². The molecular formula is C8H15CoN2+3. The molecule has 1 heterocycles. The molecule has 0 spiro atoms. The fourth-order valence-corrected chi connectivity index (χ4v) is 0.975. The van der Waals surface area contributed by atoms with Crippen molar-refractivity contribution < 1.29 is 21.3 Å². The van der Waals surface area contributed by atoms with Crippen molar-refractivity contribution in [2.75, 3.05) is 0 Å². The van der Waals surface area contributed by atoms with Crippen molar-refractivity contribution in [1.82, 2.24) is 4.57 Å². The fourth-order valence-electron chi connectivity index (χ4n) is 0.975. The monoisotopic (exact) mass is 198 g/mol. The van der Waals surface area contributed by atoms with Crippen LogP contribution in [0.25, 0.3) is 0 Å². The van der Waals surface area contributed by atoms with Crippen LogP contribution in [0.2, 0.25) is 0 Å². The molecule has 2 nitrogen and oxygen atoms in total. The molecule has 0 aromatic carbocycles. The summed E-state index contributed by atoms with van der Waals surface area (Å²) in [5.41, 5.74) is 0. The van der Waals surface area contributed by atoms with Crippen molar-refractivity contribution in [2.24, 2.45) is 7.05 Å². The molecule has 0 saturated carbocycles. The molecule has 1 aromatic heterocycles. The van der Waals surface area contributed by atoms with E-state index in [1.54, 1.807) is 0 Å². The predicted octanol–water partition coefficient (Wildman–Crippen LogP) is 1.11. The maximum Gasteiger partial charge on any atom is 2.00 e. The molecule has 0 aliphatic carbocycles. The first-order valence-corrected chi connectivity index (χ1v) is 3.84. The minimum atomic E-state index is 0. The van der Waals surface area contributed by atoms with Gasteiger partial charge in [0, 0.05) is 0 Å². The molecule has 0 aliphatic rings. The first-order chi connectivity index (χ1) is 4.83. The standard InChI is InChI=1S/C8H15N2.Co/c1-3-4-5-10-7-6-9(2)8-10;/h6-8H,3-5H2,1-2H3;/q+1;+2. The van der Waals surface area contributed by atoms with Crippen LogP contribution in [0.4, 0.5) is 0 Å². The van der Waals surface area contributed by atoms with Crippen LogP contribution in [0, 0.1) is 0 Å². The van der Waals surface area contributed by atoms with Crippen LogP contribution in [0.15, 0.2) is 18.7 Å². The molecule has 0 atom stereocenters. The van der Waals surface area contributed by atoms with Crippen LogP contribution >= 0.6 is 0 Å². The Kier molecular flexibility index (Phi) is 5.24. The molecule has 1 aromatic rings. The summed E-state index contributed by atoms with van der Waals surface area (Å²) in [6.07, 6.45) is 8.82. The molecule has 0 aliphatic heterocycles. The van der Waals surface area contributed by atoms with Gasteiger partial charge in [-0.1, -0.05) is 13.3 Å². The third kappa shape index (κ3) is 3.58. The number of unbranched alkanes of at least 4 members (excludes halogenated alkanes) is 1. The van der Waals surface area contributed by atoms with E-state index in [0.29, 0.717) is 0 Å². The summed E-state index contributed by atoms with van der Waals surface area (Å²) in [7, 11) is 2.04. The van der Waals surface area contributed by atoms with Gasteiger partial charge in [0.1, 0.15) is 12.4 Å². The van der Waals surface area contributed by atoms with E-state index in [1.807, 2.05) is 7.05 Å². The summed E-state index contributed by atoms with van der Waals surface area (Å²) < 4.78 is 4.28. The smallest absolute Gasteiger partial charge is 0.240 e. The summed E-state index contributed by atoms with van der Waals surface area (Å²) in [5, 5.41) is 0. The summed E-state index contributed by atoms with van der Waals surface area (Å²) in [6.45, 7) is 3.36. The molecule has 0 amide bonds. The largest absolute Gasteiger partial charge is 2.00 e. The minimum Gasteiger partial charge on any atom is -0.240 e. The van der Waals surface area contributed by atoms with Gasteiger partial charge in [-0.3, -0.25) is 0 Å². The predicted molar refractivity (Wildman–Crippen MR) is 40.5 cm³/mol. The number of hydrogen-bond donors (Lipinski definition) is 0. The number of nitrogens with zero attached hydrogens (tertiary/aromatic N) is 2.